The summed E-state index contributed by atoms with van der Waals surface area (Å²) in [6.45, 7) is 4.51. The maximum absolute atomic E-state index is 9.58. The number of aliphatic hydroxyl groups excluding tert-OH is 1. The smallest absolute Gasteiger partial charge is 0.0735 e. The summed E-state index contributed by atoms with van der Waals surface area (Å²) in [6, 6.07) is 7.55. The van der Waals surface area contributed by atoms with Crippen LogP contribution in [0.5, 0.6) is 0 Å². The number of hydrogen-bond acceptors (Lipinski definition) is 3. The van der Waals surface area contributed by atoms with Crippen LogP contribution in [0.4, 0.5) is 11.4 Å². The molecule has 3 heteroatoms. The van der Waals surface area contributed by atoms with Gasteiger partial charge in [-0.05, 0) is 18.1 Å². The lowest BCUT2D eigenvalue weighted by atomic mass is 10.1. The first-order valence-electron chi connectivity index (χ1n) is 4.87. The standard InChI is InChI=1S/C11H18N2O/c1-8(2)11(14)7-13-10-6-4-3-5-9(10)12/h3-6,8,11,13-14H,7,12H2,1-2H3. The second-order valence-electron chi connectivity index (χ2n) is 3.78. The van der Waals surface area contributed by atoms with Gasteiger partial charge in [0.15, 0.2) is 0 Å². The lowest BCUT2D eigenvalue weighted by Gasteiger charge is -2.16. The van der Waals surface area contributed by atoms with Crippen LogP contribution in [0.1, 0.15) is 13.8 Å². The number of benzene rings is 1. The first-order chi connectivity index (χ1) is 6.61. The summed E-state index contributed by atoms with van der Waals surface area (Å²) in [7, 11) is 0. The van der Waals surface area contributed by atoms with Gasteiger partial charge in [-0.15, -0.1) is 0 Å². The highest BCUT2D eigenvalue weighted by atomic mass is 16.3. The highest BCUT2D eigenvalue weighted by Crippen LogP contribution is 2.16. The van der Waals surface area contributed by atoms with Crippen molar-refractivity contribution in [2.24, 2.45) is 5.92 Å². The molecule has 4 N–H and O–H groups in total. The minimum Gasteiger partial charge on any atom is -0.397 e. The van der Waals surface area contributed by atoms with Gasteiger partial charge in [-0.3, -0.25) is 0 Å². The fourth-order valence-corrected chi connectivity index (χ4v) is 1.11. The van der Waals surface area contributed by atoms with E-state index in [0.29, 0.717) is 12.2 Å². The second kappa shape index (κ2) is 4.86. The molecule has 78 valence electrons. The molecule has 0 bridgehead atoms. The van der Waals surface area contributed by atoms with Gasteiger partial charge in [-0.25, -0.2) is 0 Å². The van der Waals surface area contributed by atoms with Crippen molar-refractivity contribution >= 4 is 11.4 Å². The van der Waals surface area contributed by atoms with Gasteiger partial charge in [-0.1, -0.05) is 26.0 Å². The maximum atomic E-state index is 9.58. The van der Waals surface area contributed by atoms with Gasteiger partial charge in [0.1, 0.15) is 0 Å². The first kappa shape index (κ1) is 10.9. The number of nitrogens with two attached hydrogens (primary N) is 1. The van der Waals surface area contributed by atoms with Gasteiger partial charge in [-0.2, -0.15) is 0 Å². The molecule has 14 heavy (non-hydrogen) atoms. The van der Waals surface area contributed by atoms with E-state index in [1.54, 1.807) is 0 Å². The molecule has 0 radical (unpaired) electrons. The Labute approximate surface area is 84.9 Å². The van der Waals surface area contributed by atoms with Gasteiger partial charge in [0.25, 0.3) is 0 Å². The zero-order valence-electron chi connectivity index (χ0n) is 8.70. The van der Waals surface area contributed by atoms with Gasteiger partial charge < -0.3 is 16.2 Å². The van der Waals surface area contributed by atoms with Crippen LogP contribution in [-0.2, 0) is 0 Å². The van der Waals surface area contributed by atoms with Crippen molar-refractivity contribution in [2.75, 3.05) is 17.6 Å². The van der Waals surface area contributed by atoms with E-state index in [1.165, 1.54) is 0 Å². The predicted molar refractivity (Wildman–Crippen MR) is 60.2 cm³/mol. The van der Waals surface area contributed by atoms with E-state index in [0.717, 1.165) is 5.69 Å². The number of nitrogen functional groups attached to an aromatic ring is 1. The van der Waals surface area contributed by atoms with Crippen LogP contribution in [0, 0.1) is 5.92 Å². The summed E-state index contributed by atoms with van der Waals surface area (Å²) in [5.41, 5.74) is 7.33. The highest BCUT2D eigenvalue weighted by Gasteiger charge is 2.08. The van der Waals surface area contributed by atoms with Gasteiger partial charge >= 0.3 is 0 Å². The second-order valence-corrected chi connectivity index (χ2v) is 3.78. The van der Waals surface area contributed by atoms with Crippen molar-refractivity contribution in [1.82, 2.24) is 0 Å². The third-order valence-electron chi connectivity index (χ3n) is 2.23. The van der Waals surface area contributed by atoms with E-state index in [4.69, 9.17) is 5.73 Å². The number of anilines is 2. The number of rotatable bonds is 4. The molecule has 1 atom stereocenters. The fraction of sp³-hybridized carbons (Fsp3) is 0.455. The first-order valence-corrected chi connectivity index (χ1v) is 4.87. The third-order valence-corrected chi connectivity index (χ3v) is 2.23. The van der Waals surface area contributed by atoms with E-state index in [1.807, 2.05) is 38.1 Å². The summed E-state index contributed by atoms with van der Waals surface area (Å²) in [6.07, 6.45) is -0.338. The molecule has 3 nitrogen and oxygen atoms in total. The van der Waals surface area contributed by atoms with Crippen LogP contribution in [0.2, 0.25) is 0 Å². The van der Waals surface area contributed by atoms with Crippen LogP contribution in [0.3, 0.4) is 0 Å². The van der Waals surface area contributed by atoms with Crippen LogP contribution in [-0.4, -0.2) is 17.8 Å². The molecule has 0 aliphatic heterocycles. The van der Waals surface area contributed by atoms with E-state index in [9.17, 15) is 5.11 Å². The fourth-order valence-electron chi connectivity index (χ4n) is 1.11. The molecule has 0 aliphatic rings. The molecular weight excluding hydrogens is 176 g/mol. The minimum atomic E-state index is -0.338. The molecular formula is C11H18N2O. The Morgan fingerprint density at radius 3 is 2.57 bits per heavy atom. The van der Waals surface area contributed by atoms with Crippen molar-refractivity contribution in [2.45, 2.75) is 20.0 Å². The number of para-hydroxylation sites is 2. The Hall–Kier alpha value is -1.22. The predicted octanol–water partition coefficient (Wildman–Crippen LogP) is 1.70. The molecule has 0 aliphatic carbocycles. The summed E-state index contributed by atoms with van der Waals surface area (Å²) >= 11 is 0. The SMILES string of the molecule is CC(C)C(O)CNc1ccccc1N. The maximum Gasteiger partial charge on any atom is 0.0735 e. The Morgan fingerprint density at radius 2 is 2.00 bits per heavy atom. The number of aliphatic hydroxyl groups is 1. The van der Waals surface area contributed by atoms with E-state index in [-0.39, 0.29) is 12.0 Å². The monoisotopic (exact) mass is 194 g/mol. The Balaban J connectivity index is 2.50. The number of hydrogen-bond donors (Lipinski definition) is 3. The van der Waals surface area contributed by atoms with E-state index in [2.05, 4.69) is 5.32 Å². The molecule has 0 heterocycles. The largest absolute Gasteiger partial charge is 0.397 e. The molecule has 0 aromatic heterocycles. The molecule has 0 amide bonds. The van der Waals surface area contributed by atoms with Gasteiger partial charge in [0, 0.05) is 6.54 Å². The molecule has 0 saturated heterocycles. The number of nitrogens with one attached hydrogen (secondary N) is 1. The van der Waals surface area contributed by atoms with Crippen molar-refractivity contribution < 1.29 is 5.11 Å². The van der Waals surface area contributed by atoms with E-state index >= 15 is 0 Å². The Morgan fingerprint density at radius 1 is 1.36 bits per heavy atom. The van der Waals surface area contributed by atoms with E-state index < -0.39 is 0 Å². The normalized spacial score (nSPS) is 12.9. The van der Waals surface area contributed by atoms with Crippen molar-refractivity contribution in [3.8, 4) is 0 Å². The summed E-state index contributed by atoms with van der Waals surface area (Å²) in [5, 5.41) is 12.7. The summed E-state index contributed by atoms with van der Waals surface area (Å²) < 4.78 is 0. The van der Waals surface area contributed by atoms with Crippen LogP contribution in [0.15, 0.2) is 24.3 Å². The molecule has 0 fully saturated rings. The van der Waals surface area contributed by atoms with Crippen LogP contribution >= 0.6 is 0 Å². The molecule has 0 spiro atoms. The highest BCUT2D eigenvalue weighted by molar-refractivity contribution is 5.65. The van der Waals surface area contributed by atoms with Crippen molar-refractivity contribution in [1.29, 1.82) is 0 Å². The molecule has 1 rings (SSSR count). The topological polar surface area (TPSA) is 58.3 Å². The van der Waals surface area contributed by atoms with Gasteiger partial charge in [0.05, 0.1) is 17.5 Å². The average molecular weight is 194 g/mol. The van der Waals surface area contributed by atoms with Crippen LogP contribution < -0.4 is 11.1 Å². The average Bonchev–Trinajstić information content (AvgIpc) is 2.16. The quantitative estimate of drug-likeness (QED) is 0.639. The zero-order valence-corrected chi connectivity index (χ0v) is 8.70. The minimum absolute atomic E-state index is 0.257. The third kappa shape index (κ3) is 2.92. The lowest BCUT2D eigenvalue weighted by molar-refractivity contribution is 0.138. The van der Waals surface area contributed by atoms with Gasteiger partial charge in [0.2, 0.25) is 0 Å². The molecule has 1 aromatic carbocycles. The Kier molecular flexibility index (Phi) is 3.77. The lowest BCUT2D eigenvalue weighted by Crippen LogP contribution is -2.25. The zero-order chi connectivity index (χ0) is 10.6. The Bertz CT molecular complexity index is 286. The molecule has 1 unspecified atom stereocenters. The van der Waals surface area contributed by atoms with Crippen molar-refractivity contribution in [3.05, 3.63) is 24.3 Å². The summed E-state index contributed by atoms with van der Waals surface area (Å²) in [5.74, 6) is 0.257. The molecule has 1 aromatic rings. The van der Waals surface area contributed by atoms with Crippen LogP contribution in [0.25, 0.3) is 0 Å². The molecule has 0 saturated carbocycles. The van der Waals surface area contributed by atoms with Crippen molar-refractivity contribution in [3.63, 3.8) is 0 Å². The summed E-state index contributed by atoms with van der Waals surface area (Å²) in [4.78, 5) is 0.